The number of hydrogen-bond acceptors (Lipinski definition) is 5. The van der Waals surface area contributed by atoms with Gasteiger partial charge in [0.15, 0.2) is 15.8 Å². The summed E-state index contributed by atoms with van der Waals surface area (Å²) in [4.78, 5) is 6.91. The second kappa shape index (κ2) is 8.22. The van der Waals surface area contributed by atoms with Crippen LogP contribution in [0.1, 0.15) is 38.5 Å². The first kappa shape index (κ1) is 18.9. The zero-order valence-corrected chi connectivity index (χ0v) is 16.1. The average molecular weight is 373 g/mol. The first-order valence-corrected chi connectivity index (χ1v) is 11.4. The Kier molecular flexibility index (Phi) is 6.22. The molecule has 0 bridgehead atoms. The Balaban J connectivity index is 1.59. The van der Waals surface area contributed by atoms with E-state index in [0.29, 0.717) is 6.42 Å². The Morgan fingerprint density at radius 1 is 1.24 bits per heavy atom. The van der Waals surface area contributed by atoms with Gasteiger partial charge in [-0.25, -0.2) is 8.42 Å². The van der Waals surface area contributed by atoms with Crippen molar-refractivity contribution in [3.8, 4) is 0 Å². The molecule has 2 aliphatic heterocycles. The van der Waals surface area contributed by atoms with Crippen LogP contribution in [0.15, 0.2) is 4.99 Å². The Morgan fingerprint density at radius 3 is 2.56 bits per heavy atom. The topological polar surface area (TPSA) is 83.0 Å². The molecule has 7 nitrogen and oxygen atoms in total. The van der Waals surface area contributed by atoms with E-state index in [4.69, 9.17) is 4.74 Å². The highest BCUT2D eigenvalue weighted by atomic mass is 32.2. The van der Waals surface area contributed by atoms with Crippen molar-refractivity contribution < 1.29 is 13.2 Å². The maximum Gasteiger partial charge on any atom is 0.191 e. The lowest BCUT2D eigenvalue weighted by Gasteiger charge is -2.48. The van der Waals surface area contributed by atoms with Gasteiger partial charge in [-0.15, -0.1) is 0 Å². The highest BCUT2D eigenvalue weighted by Gasteiger charge is 2.39. The largest absolute Gasteiger partial charge is 0.379 e. The Hall–Kier alpha value is -0.860. The van der Waals surface area contributed by atoms with Crippen molar-refractivity contribution in [1.82, 2.24) is 15.5 Å². The molecule has 1 unspecified atom stereocenters. The van der Waals surface area contributed by atoms with Crippen LogP contribution < -0.4 is 10.6 Å². The van der Waals surface area contributed by atoms with E-state index in [-0.39, 0.29) is 23.1 Å². The van der Waals surface area contributed by atoms with E-state index >= 15 is 0 Å². The Bertz CT molecular complexity index is 566. The lowest BCUT2D eigenvalue weighted by atomic mass is 9.80. The molecule has 8 heteroatoms. The molecule has 2 N–H and O–H groups in total. The summed E-state index contributed by atoms with van der Waals surface area (Å²) in [5, 5.41) is 6.79. The molecule has 0 radical (unpaired) electrons. The van der Waals surface area contributed by atoms with Gasteiger partial charge in [-0.05, 0) is 19.3 Å². The lowest BCUT2D eigenvalue weighted by Crippen LogP contribution is -2.61. The van der Waals surface area contributed by atoms with Gasteiger partial charge in [-0.2, -0.15) is 0 Å². The number of hydrogen-bond donors (Lipinski definition) is 2. The van der Waals surface area contributed by atoms with Gasteiger partial charge in [0.1, 0.15) is 0 Å². The number of aliphatic imine (C=N–C) groups is 1. The molecule has 3 fully saturated rings. The van der Waals surface area contributed by atoms with Crippen LogP contribution in [0.2, 0.25) is 0 Å². The molecule has 2 heterocycles. The van der Waals surface area contributed by atoms with Crippen LogP contribution in [0.4, 0.5) is 0 Å². The maximum atomic E-state index is 11.7. The van der Waals surface area contributed by atoms with Crippen molar-refractivity contribution in [2.75, 3.05) is 51.4 Å². The second-order valence-corrected chi connectivity index (χ2v) is 9.78. The molecule has 0 aromatic heterocycles. The van der Waals surface area contributed by atoms with Gasteiger partial charge in [0.2, 0.25) is 0 Å². The summed E-state index contributed by atoms with van der Waals surface area (Å²) in [6.45, 7) is 4.47. The fraction of sp³-hybridized carbons (Fsp3) is 0.941. The molecule has 3 aliphatic rings. The Morgan fingerprint density at radius 2 is 1.96 bits per heavy atom. The van der Waals surface area contributed by atoms with Gasteiger partial charge in [0, 0.05) is 38.3 Å². The number of morpholine rings is 1. The highest BCUT2D eigenvalue weighted by molar-refractivity contribution is 7.91. The quantitative estimate of drug-likeness (QED) is 0.548. The standard InChI is InChI=1S/C17H32N4O3S/c1-18-16(20-15-5-12-25(22,23)13-15)19-14-17(6-3-2-4-7-17)21-8-10-24-11-9-21/h15H,2-14H2,1H3,(H2,18,19,20). The molecule has 1 aliphatic carbocycles. The molecule has 2 saturated heterocycles. The smallest absolute Gasteiger partial charge is 0.191 e. The minimum absolute atomic E-state index is 0.0260. The van der Waals surface area contributed by atoms with Crippen molar-refractivity contribution in [3.63, 3.8) is 0 Å². The third-order valence-electron chi connectivity index (χ3n) is 5.85. The van der Waals surface area contributed by atoms with Crippen LogP contribution in [-0.4, -0.2) is 82.3 Å². The molecular formula is C17H32N4O3S. The van der Waals surface area contributed by atoms with Crippen molar-refractivity contribution in [2.45, 2.75) is 50.1 Å². The van der Waals surface area contributed by atoms with Crippen LogP contribution in [-0.2, 0) is 14.6 Å². The van der Waals surface area contributed by atoms with Crippen LogP contribution >= 0.6 is 0 Å². The summed E-state index contributed by atoms with van der Waals surface area (Å²) < 4.78 is 28.8. The van der Waals surface area contributed by atoms with E-state index in [9.17, 15) is 8.42 Å². The zero-order valence-electron chi connectivity index (χ0n) is 15.3. The predicted molar refractivity (Wildman–Crippen MR) is 99.8 cm³/mol. The van der Waals surface area contributed by atoms with E-state index in [1.165, 1.54) is 32.1 Å². The van der Waals surface area contributed by atoms with Crippen LogP contribution in [0.3, 0.4) is 0 Å². The van der Waals surface area contributed by atoms with Crippen molar-refractivity contribution in [2.24, 2.45) is 4.99 Å². The molecular weight excluding hydrogens is 340 g/mol. The number of guanidine groups is 1. The third-order valence-corrected chi connectivity index (χ3v) is 7.62. The van der Waals surface area contributed by atoms with Gasteiger partial charge < -0.3 is 15.4 Å². The molecule has 0 aromatic rings. The van der Waals surface area contributed by atoms with E-state index in [1.807, 2.05) is 0 Å². The first-order chi connectivity index (χ1) is 12.0. The van der Waals surface area contributed by atoms with E-state index in [0.717, 1.165) is 38.8 Å². The zero-order chi connectivity index (χ0) is 17.8. The second-order valence-electron chi connectivity index (χ2n) is 7.55. The monoisotopic (exact) mass is 372 g/mol. The number of ether oxygens (including phenoxy) is 1. The molecule has 1 atom stereocenters. The molecule has 0 amide bonds. The number of nitrogens with zero attached hydrogens (tertiary/aromatic N) is 2. The summed E-state index contributed by atoms with van der Waals surface area (Å²) in [7, 11) is -1.13. The molecule has 25 heavy (non-hydrogen) atoms. The fourth-order valence-corrected chi connectivity index (χ4v) is 6.07. The summed E-state index contributed by atoms with van der Waals surface area (Å²) in [5.41, 5.74) is 0.168. The third kappa shape index (κ3) is 4.86. The fourth-order valence-electron chi connectivity index (χ4n) is 4.40. The van der Waals surface area contributed by atoms with Gasteiger partial charge >= 0.3 is 0 Å². The summed E-state index contributed by atoms with van der Waals surface area (Å²) in [5.74, 6) is 1.21. The lowest BCUT2D eigenvalue weighted by molar-refractivity contribution is -0.0352. The van der Waals surface area contributed by atoms with Crippen molar-refractivity contribution in [3.05, 3.63) is 0 Å². The average Bonchev–Trinajstić information content (AvgIpc) is 2.98. The van der Waals surface area contributed by atoms with Gasteiger partial charge in [-0.1, -0.05) is 19.3 Å². The number of nitrogens with one attached hydrogen (secondary N) is 2. The maximum absolute atomic E-state index is 11.7. The SMILES string of the molecule is CN=C(NCC1(N2CCOCC2)CCCCC1)NC1CCS(=O)(=O)C1. The van der Waals surface area contributed by atoms with Crippen LogP contribution in [0, 0.1) is 0 Å². The van der Waals surface area contributed by atoms with Gasteiger partial charge in [0.25, 0.3) is 0 Å². The van der Waals surface area contributed by atoms with Crippen molar-refractivity contribution in [1.29, 1.82) is 0 Å². The molecule has 1 saturated carbocycles. The van der Waals surface area contributed by atoms with Gasteiger partial charge in [0.05, 0.1) is 24.7 Å². The molecule has 0 spiro atoms. The van der Waals surface area contributed by atoms with Crippen molar-refractivity contribution >= 4 is 15.8 Å². The summed E-state index contributed by atoms with van der Waals surface area (Å²) in [6.07, 6.45) is 6.93. The minimum atomic E-state index is -2.88. The minimum Gasteiger partial charge on any atom is -0.379 e. The number of sulfone groups is 1. The highest BCUT2D eigenvalue weighted by Crippen LogP contribution is 2.33. The molecule has 144 valence electrons. The predicted octanol–water partition coefficient (Wildman–Crippen LogP) is 0.374. The molecule has 3 rings (SSSR count). The van der Waals surface area contributed by atoms with E-state index in [2.05, 4.69) is 20.5 Å². The first-order valence-electron chi connectivity index (χ1n) is 9.53. The van der Waals surface area contributed by atoms with E-state index in [1.54, 1.807) is 7.05 Å². The summed E-state index contributed by atoms with van der Waals surface area (Å²) >= 11 is 0. The van der Waals surface area contributed by atoms with Crippen LogP contribution in [0.5, 0.6) is 0 Å². The summed E-state index contributed by atoms with van der Waals surface area (Å²) in [6, 6.07) is -0.0260. The molecule has 0 aromatic carbocycles. The number of rotatable bonds is 4. The van der Waals surface area contributed by atoms with Crippen LogP contribution in [0.25, 0.3) is 0 Å². The van der Waals surface area contributed by atoms with Gasteiger partial charge in [-0.3, -0.25) is 9.89 Å². The van der Waals surface area contributed by atoms with E-state index < -0.39 is 9.84 Å². The Labute approximate surface area is 151 Å². The normalized spacial score (nSPS) is 30.1.